The molecule has 3 heterocycles. The van der Waals surface area contributed by atoms with Crippen LogP contribution in [0.2, 0.25) is 0 Å². The van der Waals surface area contributed by atoms with Crippen molar-refractivity contribution in [1.82, 2.24) is 14.1 Å². The van der Waals surface area contributed by atoms with Crippen LogP contribution in [-0.2, 0) is 19.6 Å². The summed E-state index contributed by atoms with van der Waals surface area (Å²) in [4.78, 5) is 32.0. The van der Waals surface area contributed by atoms with E-state index in [0.717, 1.165) is 30.8 Å². The molecule has 10 heteroatoms. The number of piperidine rings is 1. The Morgan fingerprint density at radius 3 is 2.45 bits per heavy atom. The van der Waals surface area contributed by atoms with Crippen molar-refractivity contribution in [1.29, 1.82) is 0 Å². The van der Waals surface area contributed by atoms with Crippen LogP contribution in [0.5, 0.6) is 0 Å². The molecule has 0 saturated carbocycles. The molecule has 0 aliphatic carbocycles. The van der Waals surface area contributed by atoms with Crippen LogP contribution in [0, 0.1) is 5.92 Å². The zero-order valence-corrected chi connectivity index (χ0v) is 19.8. The fourth-order valence-electron chi connectivity index (χ4n) is 4.18. The topological polar surface area (TPSA) is 81.2 Å². The predicted octanol–water partition coefficient (Wildman–Crippen LogP) is 1.32. The van der Waals surface area contributed by atoms with Crippen molar-refractivity contribution in [2.75, 3.05) is 63.5 Å². The Hall–Kier alpha value is -1.62. The van der Waals surface area contributed by atoms with Crippen LogP contribution in [0.1, 0.15) is 19.8 Å². The van der Waals surface area contributed by atoms with Crippen LogP contribution in [0.3, 0.4) is 0 Å². The maximum atomic E-state index is 13.2. The van der Waals surface area contributed by atoms with Gasteiger partial charge in [-0.1, -0.05) is 6.92 Å². The van der Waals surface area contributed by atoms with Gasteiger partial charge < -0.3 is 14.7 Å². The number of hydrogen-bond acceptors (Lipinski definition) is 6. The first-order valence-electron chi connectivity index (χ1n) is 10.8. The van der Waals surface area contributed by atoms with Gasteiger partial charge in [-0.3, -0.25) is 9.59 Å². The van der Waals surface area contributed by atoms with Crippen molar-refractivity contribution in [2.24, 2.45) is 5.92 Å². The third kappa shape index (κ3) is 4.76. The number of benzene rings is 1. The van der Waals surface area contributed by atoms with Gasteiger partial charge in [-0.2, -0.15) is 4.31 Å². The molecule has 3 aliphatic heterocycles. The normalized spacial score (nSPS) is 21.9. The molecule has 0 N–H and O–H groups in total. The Balaban J connectivity index is 1.57. The fourth-order valence-corrected chi connectivity index (χ4v) is 6.59. The summed E-state index contributed by atoms with van der Waals surface area (Å²) >= 11 is 1.39. The van der Waals surface area contributed by atoms with Gasteiger partial charge in [0.1, 0.15) is 6.54 Å². The van der Waals surface area contributed by atoms with Crippen molar-refractivity contribution in [2.45, 2.75) is 29.6 Å². The molecule has 1 aromatic rings. The summed E-state index contributed by atoms with van der Waals surface area (Å²) in [5.74, 6) is 0.512. The van der Waals surface area contributed by atoms with E-state index in [1.54, 1.807) is 23.1 Å². The number of amides is 2. The number of carbonyl (C=O) groups excluding carboxylic acids is 2. The van der Waals surface area contributed by atoms with Crippen LogP contribution in [0.15, 0.2) is 28.0 Å². The number of anilines is 1. The zero-order valence-electron chi connectivity index (χ0n) is 18.1. The molecular weight excluding hydrogens is 436 g/mol. The van der Waals surface area contributed by atoms with Crippen LogP contribution < -0.4 is 4.90 Å². The van der Waals surface area contributed by atoms with Gasteiger partial charge in [-0.25, -0.2) is 8.42 Å². The number of nitrogens with zero attached hydrogens (tertiary/aromatic N) is 4. The zero-order chi connectivity index (χ0) is 22.2. The fraction of sp³-hybridized carbons (Fsp3) is 0.619. The molecule has 4 rings (SSSR count). The van der Waals surface area contributed by atoms with E-state index in [-0.39, 0.29) is 29.0 Å². The maximum absolute atomic E-state index is 13.2. The molecule has 3 aliphatic rings. The minimum Gasteiger partial charge on any atom is -0.339 e. The lowest BCUT2D eigenvalue weighted by molar-refractivity contribution is -0.132. The molecule has 2 amide bonds. The third-order valence-corrected chi connectivity index (χ3v) is 9.35. The van der Waals surface area contributed by atoms with Crippen molar-refractivity contribution < 1.29 is 18.0 Å². The molecule has 0 radical (unpaired) electrons. The monoisotopic (exact) mass is 466 g/mol. The molecule has 0 atom stereocenters. The Kier molecular flexibility index (Phi) is 6.62. The van der Waals surface area contributed by atoms with Gasteiger partial charge in [0.25, 0.3) is 0 Å². The van der Waals surface area contributed by atoms with E-state index in [4.69, 9.17) is 0 Å². The molecule has 0 aromatic heterocycles. The van der Waals surface area contributed by atoms with E-state index in [9.17, 15) is 18.0 Å². The number of carbonyl (C=O) groups is 2. The van der Waals surface area contributed by atoms with Gasteiger partial charge in [0.15, 0.2) is 0 Å². The lowest BCUT2D eigenvalue weighted by Gasteiger charge is -2.35. The summed E-state index contributed by atoms with van der Waals surface area (Å²) in [6.45, 7) is 6.01. The number of piperazine rings is 1. The van der Waals surface area contributed by atoms with Gasteiger partial charge in [-0.15, -0.1) is 11.8 Å². The molecule has 0 unspecified atom stereocenters. The quantitative estimate of drug-likeness (QED) is 0.666. The number of thioether (sulfide) groups is 1. The molecule has 0 bridgehead atoms. The Labute approximate surface area is 188 Å². The largest absolute Gasteiger partial charge is 0.339 e. The molecule has 170 valence electrons. The first-order valence-corrected chi connectivity index (χ1v) is 13.2. The lowest BCUT2D eigenvalue weighted by Crippen LogP contribution is -2.51. The van der Waals surface area contributed by atoms with E-state index in [1.807, 2.05) is 7.05 Å². The van der Waals surface area contributed by atoms with Crippen LogP contribution in [-0.4, -0.2) is 93.0 Å². The Morgan fingerprint density at radius 1 is 1.10 bits per heavy atom. The van der Waals surface area contributed by atoms with E-state index in [2.05, 4.69) is 11.8 Å². The minimum absolute atomic E-state index is 0.0547. The van der Waals surface area contributed by atoms with E-state index in [0.29, 0.717) is 37.8 Å². The van der Waals surface area contributed by atoms with Crippen molar-refractivity contribution in [3.05, 3.63) is 18.2 Å². The molecular formula is C21H30N4O4S2. The van der Waals surface area contributed by atoms with Gasteiger partial charge in [-0.05, 0) is 44.0 Å². The predicted molar refractivity (Wildman–Crippen MR) is 121 cm³/mol. The summed E-state index contributed by atoms with van der Waals surface area (Å²) in [6.07, 6.45) is 1.70. The second-order valence-electron chi connectivity index (χ2n) is 8.67. The van der Waals surface area contributed by atoms with Gasteiger partial charge in [0.05, 0.1) is 16.3 Å². The third-order valence-electron chi connectivity index (χ3n) is 6.40. The molecule has 1 aromatic carbocycles. The first kappa shape index (κ1) is 22.6. The summed E-state index contributed by atoms with van der Waals surface area (Å²) in [6, 6.07) is 4.96. The number of sulfonamides is 1. The summed E-state index contributed by atoms with van der Waals surface area (Å²) in [5.41, 5.74) is 0.523. The first-order chi connectivity index (χ1) is 14.8. The van der Waals surface area contributed by atoms with Crippen LogP contribution in [0.4, 0.5) is 5.69 Å². The van der Waals surface area contributed by atoms with Crippen LogP contribution >= 0.6 is 11.8 Å². The standard InChI is InChI=1S/C21H30N4O4S2/c1-16-5-7-24(8-6-16)31(28,29)17-3-4-19-18(13-17)25(21(27)15-30-19)14-20(26)23-11-9-22(2)10-12-23/h3-4,13,16H,5-12,14-15H2,1-2H3. The average Bonchev–Trinajstić information content (AvgIpc) is 2.76. The average molecular weight is 467 g/mol. The van der Waals surface area contributed by atoms with Crippen molar-refractivity contribution >= 4 is 39.3 Å². The highest BCUT2D eigenvalue weighted by Gasteiger charge is 2.33. The van der Waals surface area contributed by atoms with Crippen LogP contribution in [0.25, 0.3) is 0 Å². The van der Waals surface area contributed by atoms with E-state index < -0.39 is 10.0 Å². The van der Waals surface area contributed by atoms with Gasteiger partial charge >= 0.3 is 0 Å². The molecule has 2 fully saturated rings. The molecule has 31 heavy (non-hydrogen) atoms. The molecule has 8 nitrogen and oxygen atoms in total. The summed E-state index contributed by atoms with van der Waals surface area (Å²) in [7, 11) is -1.61. The van der Waals surface area contributed by atoms with Gasteiger partial charge in [0, 0.05) is 44.2 Å². The minimum atomic E-state index is -3.63. The van der Waals surface area contributed by atoms with Crippen molar-refractivity contribution in [3.8, 4) is 0 Å². The van der Waals surface area contributed by atoms with Gasteiger partial charge in [0.2, 0.25) is 21.8 Å². The second kappa shape index (κ2) is 9.09. The van der Waals surface area contributed by atoms with Crippen molar-refractivity contribution in [3.63, 3.8) is 0 Å². The lowest BCUT2D eigenvalue weighted by atomic mass is 10.0. The Bertz CT molecular complexity index is 952. The van der Waals surface area contributed by atoms with E-state index in [1.165, 1.54) is 21.0 Å². The Morgan fingerprint density at radius 2 is 1.77 bits per heavy atom. The smallest absolute Gasteiger partial charge is 0.243 e. The number of fused-ring (bicyclic) bond motifs is 1. The summed E-state index contributed by atoms with van der Waals surface area (Å²) < 4.78 is 27.9. The number of rotatable bonds is 4. The maximum Gasteiger partial charge on any atom is 0.243 e. The SMILES string of the molecule is CC1CCN(S(=O)(=O)c2ccc3c(c2)N(CC(=O)N2CCN(C)CC2)C(=O)CS3)CC1. The highest BCUT2D eigenvalue weighted by atomic mass is 32.2. The number of likely N-dealkylation sites (N-methyl/N-ethyl adjacent to an activating group) is 1. The number of hydrogen-bond donors (Lipinski definition) is 0. The highest BCUT2D eigenvalue weighted by Crippen LogP contribution is 2.37. The highest BCUT2D eigenvalue weighted by molar-refractivity contribution is 8.00. The summed E-state index contributed by atoms with van der Waals surface area (Å²) in [5, 5.41) is 0. The second-order valence-corrected chi connectivity index (χ2v) is 11.6. The molecule has 0 spiro atoms. The molecule has 2 saturated heterocycles. The van der Waals surface area contributed by atoms with E-state index >= 15 is 0 Å².